The normalized spacial score (nSPS) is 10.1. The Labute approximate surface area is 152 Å². The van der Waals surface area contributed by atoms with E-state index in [1.165, 1.54) is 6.92 Å². The Morgan fingerprint density at radius 2 is 1.73 bits per heavy atom. The summed E-state index contributed by atoms with van der Waals surface area (Å²) in [5, 5.41) is 5.31. The molecule has 2 rings (SSSR count). The average Bonchev–Trinajstić information content (AvgIpc) is 2.65. The summed E-state index contributed by atoms with van der Waals surface area (Å²) in [6.45, 7) is 1.91. The molecule has 136 valence electrons. The molecule has 0 saturated heterocycles. The third-order valence-corrected chi connectivity index (χ3v) is 3.71. The van der Waals surface area contributed by atoms with Crippen LogP contribution in [0.1, 0.15) is 40.5 Å². The lowest BCUT2D eigenvalue weighted by molar-refractivity contribution is -0.116. The number of anilines is 1. The van der Waals surface area contributed by atoms with Gasteiger partial charge in [-0.1, -0.05) is 6.07 Å². The van der Waals surface area contributed by atoms with Gasteiger partial charge in [0.1, 0.15) is 5.75 Å². The molecule has 2 aromatic rings. The third-order valence-electron chi connectivity index (χ3n) is 3.71. The van der Waals surface area contributed by atoms with Crippen LogP contribution in [0.5, 0.6) is 5.75 Å². The van der Waals surface area contributed by atoms with Crippen molar-refractivity contribution in [2.75, 3.05) is 19.0 Å². The fourth-order valence-corrected chi connectivity index (χ4v) is 2.31. The zero-order valence-corrected chi connectivity index (χ0v) is 14.9. The van der Waals surface area contributed by atoms with E-state index in [0.717, 1.165) is 0 Å². The van der Waals surface area contributed by atoms with Gasteiger partial charge in [0.05, 0.1) is 6.61 Å². The molecule has 2 N–H and O–H groups in total. The molecular weight excluding hydrogens is 332 g/mol. The molecule has 0 bridgehead atoms. The van der Waals surface area contributed by atoms with Crippen LogP contribution in [0.3, 0.4) is 0 Å². The first kappa shape index (κ1) is 19.2. The number of rotatable bonds is 8. The lowest BCUT2D eigenvalue weighted by atomic mass is 10.1. The van der Waals surface area contributed by atoms with Gasteiger partial charge in [0.25, 0.3) is 5.91 Å². The second-order valence-corrected chi connectivity index (χ2v) is 5.74. The number of ketones is 1. The highest BCUT2D eigenvalue weighted by molar-refractivity contribution is 5.97. The van der Waals surface area contributed by atoms with E-state index in [1.54, 1.807) is 55.6 Å². The van der Waals surface area contributed by atoms with Gasteiger partial charge in [-0.2, -0.15) is 0 Å². The molecule has 0 fully saturated rings. The summed E-state index contributed by atoms with van der Waals surface area (Å²) < 4.78 is 5.56. The van der Waals surface area contributed by atoms with Crippen molar-refractivity contribution in [3.63, 3.8) is 0 Å². The van der Waals surface area contributed by atoms with E-state index in [0.29, 0.717) is 42.0 Å². The van der Waals surface area contributed by atoms with Crippen molar-refractivity contribution in [1.29, 1.82) is 0 Å². The topological polar surface area (TPSA) is 84.5 Å². The molecule has 2 aromatic carbocycles. The van der Waals surface area contributed by atoms with E-state index >= 15 is 0 Å². The Kier molecular flexibility index (Phi) is 6.91. The highest BCUT2D eigenvalue weighted by Crippen LogP contribution is 2.14. The van der Waals surface area contributed by atoms with Crippen molar-refractivity contribution in [3.05, 3.63) is 59.7 Å². The Bertz CT molecular complexity index is 785. The van der Waals surface area contributed by atoms with Gasteiger partial charge in [0.15, 0.2) is 5.78 Å². The van der Waals surface area contributed by atoms with Crippen LogP contribution in [0.2, 0.25) is 0 Å². The molecule has 26 heavy (non-hydrogen) atoms. The molecule has 0 aliphatic heterocycles. The summed E-state index contributed by atoms with van der Waals surface area (Å²) in [4.78, 5) is 34.8. The monoisotopic (exact) mass is 354 g/mol. The molecular formula is C20H22N2O4. The van der Waals surface area contributed by atoms with Crippen molar-refractivity contribution in [3.8, 4) is 5.75 Å². The van der Waals surface area contributed by atoms with Crippen LogP contribution in [0.25, 0.3) is 0 Å². The van der Waals surface area contributed by atoms with Crippen LogP contribution in [0.4, 0.5) is 5.69 Å². The zero-order valence-electron chi connectivity index (χ0n) is 14.9. The van der Waals surface area contributed by atoms with Crippen molar-refractivity contribution in [2.45, 2.75) is 19.8 Å². The molecule has 0 heterocycles. The fraction of sp³-hybridized carbons (Fsp3) is 0.250. The van der Waals surface area contributed by atoms with Crippen LogP contribution >= 0.6 is 0 Å². The van der Waals surface area contributed by atoms with E-state index in [-0.39, 0.29) is 17.6 Å². The first-order chi connectivity index (χ1) is 12.5. The maximum absolute atomic E-state index is 12.0. The molecule has 0 aromatic heterocycles. The predicted octanol–water partition coefficient (Wildman–Crippen LogP) is 3.05. The van der Waals surface area contributed by atoms with Gasteiger partial charge in [-0.25, -0.2) is 0 Å². The maximum Gasteiger partial charge on any atom is 0.251 e. The molecule has 6 heteroatoms. The van der Waals surface area contributed by atoms with Gasteiger partial charge >= 0.3 is 0 Å². The Hall–Kier alpha value is -3.15. The SMILES string of the molecule is CNC(=O)c1cccc(NC(=O)CCCOc2ccc(C(C)=O)cc2)c1. The number of hydrogen-bond donors (Lipinski definition) is 2. The van der Waals surface area contributed by atoms with Crippen LogP contribution in [-0.2, 0) is 4.79 Å². The third kappa shape index (κ3) is 5.73. The van der Waals surface area contributed by atoms with Crippen molar-refractivity contribution >= 4 is 23.3 Å². The van der Waals surface area contributed by atoms with Gasteiger partial charge in [-0.3, -0.25) is 14.4 Å². The van der Waals surface area contributed by atoms with Gasteiger partial charge in [0, 0.05) is 30.3 Å². The molecule has 6 nitrogen and oxygen atoms in total. The van der Waals surface area contributed by atoms with Crippen LogP contribution in [0.15, 0.2) is 48.5 Å². The number of Topliss-reactive ketones (excluding diaryl/α,β-unsaturated/α-hetero) is 1. The molecule has 0 saturated carbocycles. The van der Waals surface area contributed by atoms with Crippen molar-refractivity contribution < 1.29 is 19.1 Å². The first-order valence-electron chi connectivity index (χ1n) is 8.35. The fourth-order valence-electron chi connectivity index (χ4n) is 2.31. The number of nitrogens with one attached hydrogen (secondary N) is 2. The van der Waals surface area contributed by atoms with Crippen molar-refractivity contribution in [2.24, 2.45) is 0 Å². The smallest absolute Gasteiger partial charge is 0.251 e. The van der Waals surface area contributed by atoms with Gasteiger partial charge in [0.2, 0.25) is 5.91 Å². The lowest BCUT2D eigenvalue weighted by Crippen LogP contribution is -2.18. The molecule has 0 spiro atoms. The van der Waals surface area contributed by atoms with Crippen LogP contribution in [0, 0.1) is 0 Å². The Morgan fingerprint density at radius 1 is 1.00 bits per heavy atom. The number of amides is 2. The molecule has 2 amide bonds. The summed E-state index contributed by atoms with van der Waals surface area (Å²) in [6.07, 6.45) is 0.852. The summed E-state index contributed by atoms with van der Waals surface area (Å²) >= 11 is 0. The average molecular weight is 354 g/mol. The second-order valence-electron chi connectivity index (χ2n) is 5.74. The summed E-state index contributed by atoms with van der Waals surface area (Å²) in [6, 6.07) is 13.7. The summed E-state index contributed by atoms with van der Waals surface area (Å²) in [5.74, 6) is 0.322. The highest BCUT2D eigenvalue weighted by Gasteiger charge is 2.07. The van der Waals surface area contributed by atoms with E-state index < -0.39 is 0 Å². The van der Waals surface area contributed by atoms with E-state index in [1.807, 2.05) is 0 Å². The first-order valence-corrected chi connectivity index (χ1v) is 8.35. The largest absolute Gasteiger partial charge is 0.494 e. The Morgan fingerprint density at radius 3 is 2.38 bits per heavy atom. The van der Waals surface area contributed by atoms with E-state index in [9.17, 15) is 14.4 Å². The minimum atomic E-state index is -0.203. The van der Waals surface area contributed by atoms with Crippen molar-refractivity contribution in [1.82, 2.24) is 5.32 Å². The minimum Gasteiger partial charge on any atom is -0.494 e. The number of carbonyl (C=O) groups excluding carboxylic acids is 3. The quantitative estimate of drug-likeness (QED) is 0.564. The number of ether oxygens (including phenoxy) is 1. The summed E-state index contributed by atoms with van der Waals surface area (Å²) in [5.41, 5.74) is 1.70. The maximum atomic E-state index is 12.0. The minimum absolute atomic E-state index is 0.00806. The van der Waals surface area contributed by atoms with Crippen LogP contribution in [-0.4, -0.2) is 31.3 Å². The molecule has 0 aliphatic carbocycles. The van der Waals surface area contributed by atoms with Gasteiger partial charge in [-0.05, 0) is 55.8 Å². The number of benzene rings is 2. The zero-order chi connectivity index (χ0) is 18.9. The predicted molar refractivity (Wildman–Crippen MR) is 99.6 cm³/mol. The van der Waals surface area contributed by atoms with Crippen LogP contribution < -0.4 is 15.4 Å². The van der Waals surface area contributed by atoms with E-state index in [4.69, 9.17) is 4.74 Å². The molecule has 0 radical (unpaired) electrons. The standard InChI is InChI=1S/C20H22N2O4/c1-14(23)15-8-10-18(11-9-15)26-12-4-7-19(24)22-17-6-3-5-16(13-17)20(25)21-2/h3,5-6,8-11,13H,4,7,12H2,1-2H3,(H,21,25)(H,22,24). The number of hydrogen-bond acceptors (Lipinski definition) is 4. The second kappa shape index (κ2) is 9.36. The number of carbonyl (C=O) groups is 3. The van der Waals surface area contributed by atoms with Gasteiger partial charge in [-0.15, -0.1) is 0 Å². The molecule has 0 aliphatic rings. The van der Waals surface area contributed by atoms with E-state index in [2.05, 4.69) is 10.6 Å². The molecule has 0 unspecified atom stereocenters. The highest BCUT2D eigenvalue weighted by atomic mass is 16.5. The lowest BCUT2D eigenvalue weighted by Gasteiger charge is -2.08. The molecule has 0 atom stereocenters. The van der Waals surface area contributed by atoms with Gasteiger partial charge < -0.3 is 15.4 Å². The Balaban J connectivity index is 1.75. The summed E-state index contributed by atoms with van der Waals surface area (Å²) in [7, 11) is 1.56.